The average molecular weight is 290 g/mol. The lowest BCUT2D eigenvalue weighted by Gasteiger charge is -2.08. The summed E-state index contributed by atoms with van der Waals surface area (Å²) in [7, 11) is -3.05. The molecule has 0 radical (unpaired) electrons. The summed E-state index contributed by atoms with van der Waals surface area (Å²) in [6, 6.07) is 7.02. The van der Waals surface area contributed by atoms with Crippen LogP contribution < -0.4 is 5.73 Å². The van der Waals surface area contributed by atoms with Gasteiger partial charge in [0.25, 0.3) is 0 Å². The number of hydrogen-bond acceptors (Lipinski definition) is 3. The molecule has 102 valence electrons. The van der Waals surface area contributed by atoms with Gasteiger partial charge in [0.2, 0.25) is 0 Å². The molecule has 1 aromatic carbocycles. The summed E-state index contributed by atoms with van der Waals surface area (Å²) in [5, 5.41) is 0.616. The first-order valence-corrected chi connectivity index (χ1v) is 8.33. The van der Waals surface area contributed by atoms with Crippen molar-refractivity contribution in [2.75, 3.05) is 5.75 Å². The van der Waals surface area contributed by atoms with Gasteiger partial charge in [-0.1, -0.05) is 30.7 Å². The van der Waals surface area contributed by atoms with Gasteiger partial charge < -0.3 is 5.73 Å². The van der Waals surface area contributed by atoms with Gasteiger partial charge in [0.05, 0.1) is 11.5 Å². The van der Waals surface area contributed by atoms with E-state index in [0.717, 1.165) is 18.4 Å². The lowest BCUT2D eigenvalue weighted by atomic mass is 10.1. The van der Waals surface area contributed by atoms with Crippen LogP contribution in [0, 0.1) is 0 Å². The van der Waals surface area contributed by atoms with Crippen molar-refractivity contribution < 1.29 is 8.42 Å². The molecule has 0 saturated heterocycles. The molecule has 0 aromatic heterocycles. The summed E-state index contributed by atoms with van der Waals surface area (Å²) in [6.07, 6.45) is 2.28. The average Bonchev–Trinajstić information content (AvgIpc) is 2.31. The SMILES string of the molecule is CCC(N)CCCS(=O)(=O)Cc1ccc(Cl)cc1. The Hall–Kier alpha value is -0.580. The highest BCUT2D eigenvalue weighted by atomic mass is 35.5. The highest BCUT2D eigenvalue weighted by Crippen LogP contribution is 2.13. The predicted molar refractivity (Wildman–Crippen MR) is 76.4 cm³/mol. The van der Waals surface area contributed by atoms with E-state index in [9.17, 15) is 8.42 Å². The summed E-state index contributed by atoms with van der Waals surface area (Å²) in [5.74, 6) is 0.273. The van der Waals surface area contributed by atoms with Crippen molar-refractivity contribution in [1.29, 1.82) is 0 Å². The molecule has 18 heavy (non-hydrogen) atoms. The largest absolute Gasteiger partial charge is 0.328 e. The van der Waals surface area contributed by atoms with Crippen LogP contribution in [0.5, 0.6) is 0 Å². The number of sulfone groups is 1. The molecule has 0 aliphatic carbocycles. The van der Waals surface area contributed by atoms with Gasteiger partial charge in [0.15, 0.2) is 9.84 Å². The molecule has 0 aliphatic heterocycles. The molecule has 5 heteroatoms. The van der Waals surface area contributed by atoms with Crippen LogP contribution in [0.1, 0.15) is 31.7 Å². The Morgan fingerprint density at radius 3 is 2.44 bits per heavy atom. The van der Waals surface area contributed by atoms with Crippen LogP contribution in [0.25, 0.3) is 0 Å². The normalized spacial score (nSPS) is 13.5. The molecule has 0 aliphatic rings. The molecule has 0 heterocycles. The zero-order chi connectivity index (χ0) is 13.6. The third kappa shape index (κ3) is 5.85. The van der Waals surface area contributed by atoms with Gasteiger partial charge in [0, 0.05) is 11.1 Å². The third-order valence-corrected chi connectivity index (χ3v) is 4.79. The van der Waals surface area contributed by atoms with E-state index in [1.807, 2.05) is 6.92 Å². The second-order valence-corrected chi connectivity index (χ2v) is 7.15. The Morgan fingerprint density at radius 1 is 1.28 bits per heavy atom. The molecule has 1 unspecified atom stereocenters. The molecule has 0 fully saturated rings. The lowest BCUT2D eigenvalue weighted by molar-refractivity contribution is 0.567. The molecule has 0 saturated carbocycles. The predicted octanol–water partition coefficient (Wildman–Crippen LogP) is 2.77. The van der Waals surface area contributed by atoms with Crippen molar-refractivity contribution in [3.63, 3.8) is 0 Å². The number of benzene rings is 1. The smallest absolute Gasteiger partial charge is 0.154 e. The van der Waals surface area contributed by atoms with Crippen molar-refractivity contribution >= 4 is 21.4 Å². The van der Waals surface area contributed by atoms with Crippen LogP contribution in [0.4, 0.5) is 0 Å². The molecule has 1 rings (SSSR count). The van der Waals surface area contributed by atoms with Crippen LogP contribution in [0.2, 0.25) is 5.02 Å². The molecule has 0 amide bonds. The first-order valence-electron chi connectivity index (χ1n) is 6.13. The van der Waals surface area contributed by atoms with E-state index in [4.69, 9.17) is 17.3 Å². The number of halogens is 1. The van der Waals surface area contributed by atoms with Crippen molar-refractivity contribution in [3.05, 3.63) is 34.9 Å². The molecule has 1 atom stereocenters. The highest BCUT2D eigenvalue weighted by molar-refractivity contribution is 7.90. The van der Waals surface area contributed by atoms with E-state index in [0.29, 0.717) is 11.4 Å². The van der Waals surface area contributed by atoms with Crippen molar-refractivity contribution in [1.82, 2.24) is 0 Å². The van der Waals surface area contributed by atoms with E-state index in [1.54, 1.807) is 24.3 Å². The quantitative estimate of drug-likeness (QED) is 0.839. The minimum absolute atomic E-state index is 0.0749. The van der Waals surface area contributed by atoms with Gasteiger partial charge in [0.1, 0.15) is 0 Å². The minimum atomic E-state index is -3.05. The fourth-order valence-electron chi connectivity index (χ4n) is 1.68. The Labute approximate surface area is 114 Å². The van der Waals surface area contributed by atoms with E-state index in [2.05, 4.69) is 0 Å². The van der Waals surface area contributed by atoms with Crippen LogP contribution in [-0.2, 0) is 15.6 Å². The second kappa shape index (κ2) is 7.12. The van der Waals surface area contributed by atoms with Gasteiger partial charge in [-0.3, -0.25) is 0 Å². The summed E-state index contributed by atoms with van der Waals surface area (Å²) in [4.78, 5) is 0. The number of hydrogen-bond donors (Lipinski definition) is 1. The molecular weight excluding hydrogens is 270 g/mol. The fourth-order valence-corrected chi connectivity index (χ4v) is 3.25. The second-order valence-electron chi connectivity index (χ2n) is 4.53. The van der Waals surface area contributed by atoms with Gasteiger partial charge in [-0.05, 0) is 37.0 Å². The van der Waals surface area contributed by atoms with Gasteiger partial charge in [-0.2, -0.15) is 0 Å². The van der Waals surface area contributed by atoms with Crippen LogP contribution in [-0.4, -0.2) is 20.2 Å². The first kappa shape index (κ1) is 15.5. The van der Waals surface area contributed by atoms with Crippen molar-refractivity contribution in [3.8, 4) is 0 Å². The van der Waals surface area contributed by atoms with Crippen LogP contribution in [0.15, 0.2) is 24.3 Å². The number of nitrogens with two attached hydrogens (primary N) is 1. The summed E-state index contributed by atoms with van der Waals surface area (Å²) in [6.45, 7) is 2.01. The maximum atomic E-state index is 11.9. The Bertz CT molecular complexity index is 456. The summed E-state index contributed by atoms with van der Waals surface area (Å²) >= 11 is 5.75. The summed E-state index contributed by atoms with van der Waals surface area (Å²) in [5.41, 5.74) is 6.54. The molecular formula is C13H20ClNO2S. The lowest BCUT2D eigenvalue weighted by Crippen LogP contribution is -2.20. The van der Waals surface area contributed by atoms with Crippen molar-refractivity contribution in [2.45, 2.75) is 38.0 Å². The van der Waals surface area contributed by atoms with Gasteiger partial charge in [-0.25, -0.2) is 8.42 Å². The highest BCUT2D eigenvalue weighted by Gasteiger charge is 2.12. The van der Waals surface area contributed by atoms with Crippen LogP contribution in [0.3, 0.4) is 0 Å². The van der Waals surface area contributed by atoms with E-state index in [-0.39, 0.29) is 17.5 Å². The maximum Gasteiger partial charge on any atom is 0.154 e. The summed E-state index contributed by atoms with van der Waals surface area (Å²) < 4.78 is 23.8. The third-order valence-electron chi connectivity index (χ3n) is 2.85. The fraction of sp³-hybridized carbons (Fsp3) is 0.538. The Morgan fingerprint density at radius 2 is 1.89 bits per heavy atom. The minimum Gasteiger partial charge on any atom is -0.328 e. The van der Waals surface area contributed by atoms with Crippen molar-refractivity contribution in [2.24, 2.45) is 5.73 Å². The Balaban J connectivity index is 2.47. The van der Waals surface area contributed by atoms with Crippen LogP contribution >= 0.6 is 11.6 Å². The Kier molecular flexibility index (Phi) is 6.12. The maximum absolute atomic E-state index is 11.9. The standard InChI is InChI=1S/C13H20ClNO2S/c1-2-13(15)4-3-9-18(16,17)10-11-5-7-12(14)8-6-11/h5-8,13H,2-4,9-10,15H2,1H3. The zero-order valence-corrected chi connectivity index (χ0v) is 12.2. The van der Waals surface area contributed by atoms with E-state index in [1.165, 1.54) is 0 Å². The molecule has 3 nitrogen and oxygen atoms in total. The molecule has 2 N–H and O–H groups in total. The molecule has 1 aromatic rings. The first-order chi connectivity index (χ1) is 8.43. The topological polar surface area (TPSA) is 60.2 Å². The number of rotatable bonds is 7. The van der Waals surface area contributed by atoms with Gasteiger partial charge in [-0.15, -0.1) is 0 Å². The molecule has 0 bridgehead atoms. The zero-order valence-electron chi connectivity index (χ0n) is 10.6. The van der Waals surface area contributed by atoms with Gasteiger partial charge >= 0.3 is 0 Å². The van der Waals surface area contributed by atoms with E-state index < -0.39 is 9.84 Å². The monoisotopic (exact) mass is 289 g/mol. The molecule has 0 spiro atoms. The van der Waals surface area contributed by atoms with E-state index >= 15 is 0 Å².